The van der Waals surface area contributed by atoms with E-state index in [9.17, 15) is 19.8 Å². The number of nitrogens with zero attached hydrogens (tertiary/aromatic N) is 2. The summed E-state index contributed by atoms with van der Waals surface area (Å²) in [6.07, 6.45) is 0.288. The van der Waals surface area contributed by atoms with Crippen molar-refractivity contribution < 1.29 is 19.8 Å². The Morgan fingerprint density at radius 1 is 1.55 bits per heavy atom. The third-order valence-electron chi connectivity index (χ3n) is 4.42. The predicted molar refractivity (Wildman–Crippen MR) is 86.2 cm³/mol. The maximum atomic E-state index is 12.1. The van der Waals surface area contributed by atoms with Crippen LogP contribution in [0.25, 0.3) is 0 Å². The van der Waals surface area contributed by atoms with E-state index >= 15 is 0 Å². The van der Waals surface area contributed by atoms with Crippen LogP contribution in [0.15, 0.2) is 9.93 Å². The number of carbonyl (C=O) groups excluding carboxylic acids is 1. The van der Waals surface area contributed by atoms with E-state index in [0.717, 1.165) is 30.3 Å². The molecule has 1 amide bonds. The number of carboxylic acid groups (broad SMARTS) is 1. The summed E-state index contributed by atoms with van der Waals surface area (Å²) in [7, 11) is 0. The monoisotopic (exact) mass is 344 g/mol. The summed E-state index contributed by atoms with van der Waals surface area (Å²) in [6.45, 7) is 6.71. The zero-order chi connectivity index (χ0) is 16.0. The van der Waals surface area contributed by atoms with E-state index in [4.69, 9.17) is 0 Å². The quantitative estimate of drug-likeness (QED) is 0.720. The van der Waals surface area contributed by atoms with Crippen molar-refractivity contribution >= 4 is 35.4 Å². The van der Waals surface area contributed by atoms with Crippen LogP contribution in [-0.4, -0.2) is 68.3 Å². The Kier molecular flexibility index (Phi) is 4.46. The minimum Gasteiger partial charge on any atom is -0.477 e. The lowest BCUT2D eigenvalue weighted by Gasteiger charge is -2.43. The maximum absolute atomic E-state index is 12.1. The topological polar surface area (TPSA) is 81.1 Å². The zero-order valence-electron chi connectivity index (χ0n) is 12.6. The van der Waals surface area contributed by atoms with Crippen LogP contribution in [-0.2, 0) is 9.59 Å². The molecule has 2 N–H and O–H groups in total. The van der Waals surface area contributed by atoms with Crippen LogP contribution in [0, 0.1) is 5.92 Å². The molecule has 0 aliphatic carbocycles. The van der Waals surface area contributed by atoms with E-state index in [-0.39, 0.29) is 17.0 Å². The summed E-state index contributed by atoms with van der Waals surface area (Å²) in [6, 6.07) is 0. The molecule has 3 aliphatic rings. The average Bonchev–Trinajstić information content (AvgIpc) is 3.01. The van der Waals surface area contributed by atoms with Gasteiger partial charge in [0.1, 0.15) is 5.37 Å². The van der Waals surface area contributed by atoms with Gasteiger partial charge in [0.2, 0.25) is 5.91 Å². The van der Waals surface area contributed by atoms with Crippen LogP contribution in [0.1, 0.15) is 20.3 Å². The summed E-state index contributed by atoms with van der Waals surface area (Å²) in [4.78, 5) is 27.4. The number of β-lactam (4-membered cyclic amide) rings is 1. The second-order valence-electron chi connectivity index (χ2n) is 5.85. The second kappa shape index (κ2) is 6.07. The van der Waals surface area contributed by atoms with Gasteiger partial charge in [-0.25, -0.2) is 4.79 Å². The molecular weight excluding hydrogens is 324 g/mol. The molecule has 0 radical (unpaired) electrons. The third-order valence-corrected chi connectivity index (χ3v) is 7.27. The molecule has 2 saturated heterocycles. The van der Waals surface area contributed by atoms with Gasteiger partial charge >= 0.3 is 5.97 Å². The van der Waals surface area contributed by atoms with E-state index in [0.29, 0.717) is 5.25 Å². The Bertz CT molecular complexity index is 537. The summed E-state index contributed by atoms with van der Waals surface area (Å²) >= 11 is 3.00. The van der Waals surface area contributed by atoms with Gasteiger partial charge in [0.25, 0.3) is 0 Å². The molecule has 0 aromatic rings. The summed E-state index contributed by atoms with van der Waals surface area (Å²) in [5.74, 6) is -1.82. The predicted octanol–water partition coefficient (Wildman–Crippen LogP) is 0.980. The first-order chi connectivity index (χ1) is 10.4. The van der Waals surface area contributed by atoms with Gasteiger partial charge in [0, 0.05) is 11.8 Å². The van der Waals surface area contributed by atoms with Crippen molar-refractivity contribution in [1.29, 1.82) is 0 Å². The number of rotatable bonds is 5. The lowest BCUT2D eigenvalue weighted by molar-refractivity contribution is -0.156. The highest BCUT2D eigenvalue weighted by molar-refractivity contribution is 8.23. The van der Waals surface area contributed by atoms with Crippen molar-refractivity contribution in [3.8, 4) is 0 Å². The van der Waals surface area contributed by atoms with Crippen molar-refractivity contribution in [3.63, 3.8) is 0 Å². The molecule has 0 spiro atoms. The number of fused-ring (bicyclic) bond motifs is 1. The normalized spacial score (nSPS) is 33.1. The van der Waals surface area contributed by atoms with Crippen LogP contribution >= 0.6 is 23.5 Å². The first-order valence-corrected chi connectivity index (χ1v) is 9.24. The van der Waals surface area contributed by atoms with E-state index in [1.165, 1.54) is 16.7 Å². The van der Waals surface area contributed by atoms with E-state index in [1.54, 1.807) is 18.7 Å². The van der Waals surface area contributed by atoms with E-state index in [2.05, 4.69) is 11.8 Å². The van der Waals surface area contributed by atoms with Crippen molar-refractivity contribution in [2.45, 2.75) is 37.0 Å². The molecule has 0 saturated carbocycles. The van der Waals surface area contributed by atoms with Crippen LogP contribution in [0.2, 0.25) is 0 Å². The van der Waals surface area contributed by atoms with E-state index in [1.807, 2.05) is 0 Å². The molecule has 2 fully saturated rings. The average molecular weight is 344 g/mol. The lowest BCUT2D eigenvalue weighted by Crippen LogP contribution is -2.60. The Balaban J connectivity index is 1.76. The summed E-state index contributed by atoms with van der Waals surface area (Å²) in [5.41, 5.74) is 0.108. The smallest absolute Gasteiger partial charge is 0.354 e. The third kappa shape index (κ3) is 2.55. The van der Waals surface area contributed by atoms with Gasteiger partial charge in [-0.15, -0.1) is 11.8 Å². The lowest BCUT2D eigenvalue weighted by atomic mass is 9.92. The number of hydrogen-bond acceptors (Lipinski definition) is 6. The fourth-order valence-electron chi connectivity index (χ4n) is 3.16. The molecule has 0 bridgehead atoms. The van der Waals surface area contributed by atoms with Gasteiger partial charge in [0.15, 0.2) is 5.70 Å². The number of aliphatic carboxylic acids is 1. The van der Waals surface area contributed by atoms with Crippen LogP contribution < -0.4 is 0 Å². The fourth-order valence-corrected chi connectivity index (χ4v) is 6.52. The molecule has 0 aromatic carbocycles. The molecule has 4 atom stereocenters. The zero-order valence-corrected chi connectivity index (χ0v) is 14.2. The van der Waals surface area contributed by atoms with Gasteiger partial charge in [0.05, 0.1) is 16.3 Å². The number of amides is 1. The number of likely N-dealkylation sites (tertiary alicyclic amines) is 1. The standard InChI is InChI=1S/C14H20N2O4S2/c1-3-15-5-4-8(6-15)21-14-10(13(19)20)16-11(18)9(7(2)17)12(16)22-14/h7-9,12,17H,3-6H2,1-2H3,(H,19,20)/t7?,8?,9?,12-/m1/s1. The maximum Gasteiger partial charge on any atom is 0.354 e. The highest BCUT2D eigenvalue weighted by Crippen LogP contribution is 2.55. The number of carboxylic acids is 1. The molecule has 3 rings (SSSR count). The molecule has 3 heterocycles. The molecule has 22 heavy (non-hydrogen) atoms. The summed E-state index contributed by atoms with van der Waals surface area (Å²) in [5, 5.41) is 19.3. The molecular formula is C14H20N2O4S2. The number of carbonyl (C=O) groups is 2. The Labute approximate surface area is 137 Å². The van der Waals surface area contributed by atoms with Crippen LogP contribution in [0.4, 0.5) is 0 Å². The molecule has 0 aromatic heterocycles. The molecule has 122 valence electrons. The number of aliphatic hydroxyl groups excluding tert-OH is 1. The van der Waals surface area contributed by atoms with Gasteiger partial charge in [-0.05, 0) is 26.4 Å². The van der Waals surface area contributed by atoms with Crippen molar-refractivity contribution in [3.05, 3.63) is 9.93 Å². The second-order valence-corrected chi connectivity index (χ2v) is 8.54. The highest BCUT2D eigenvalue weighted by Gasteiger charge is 2.58. The van der Waals surface area contributed by atoms with Gasteiger partial charge in [-0.3, -0.25) is 9.69 Å². The first-order valence-electron chi connectivity index (χ1n) is 7.48. The first kappa shape index (κ1) is 16.2. The van der Waals surface area contributed by atoms with Crippen molar-refractivity contribution in [1.82, 2.24) is 9.80 Å². The Morgan fingerprint density at radius 2 is 2.27 bits per heavy atom. The molecule has 3 unspecified atom stereocenters. The SMILES string of the molecule is CCN1CCC(SC2=C(C(=O)O)N3C(=O)C(C(C)O)[C@H]3S2)C1. The van der Waals surface area contributed by atoms with Gasteiger partial charge in [-0.2, -0.15) is 0 Å². The van der Waals surface area contributed by atoms with Crippen LogP contribution in [0.5, 0.6) is 0 Å². The summed E-state index contributed by atoms with van der Waals surface area (Å²) < 4.78 is 0.719. The molecule has 6 nitrogen and oxygen atoms in total. The minimum absolute atomic E-state index is 0.108. The molecule has 3 aliphatic heterocycles. The Hall–Kier alpha value is -0.700. The van der Waals surface area contributed by atoms with Crippen LogP contribution in [0.3, 0.4) is 0 Å². The van der Waals surface area contributed by atoms with Gasteiger partial charge < -0.3 is 15.1 Å². The molecule has 8 heteroatoms. The minimum atomic E-state index is -1.06. The number of thioether (sulfide) groups is 2. The largest absolute Gasteiger partial charge is 0.477 e. The van der Waals surface area contributed by atoms with Crippen molar-refractivity contribution in [2.24, 2.45) is 5.92 Å². The van der Waals surface area contributed by atoms with E-state index < -0.39 is 18.0 Å². The highest BCUT2D eigenvalue weighted by atomic mass is 32.2. The van der Waals surface area contributed by atoms with Gasteiger partial charge in [-0.1, -0.05) is 18.7 Å². The fraction of sp³-hybridized carbons (Fsp3) is 0.714. The number of aliphatic hydroxyl groups is 1. The van der Waals surface area contributed by atoms with Crippen molar-refractivity contribution in [2.75, 3.05) is 19.6 Å². The number of hydrogen-bond donors (Lipinski definition) is 2. The Morgan fingerprint density at radius 3 is 2.82 bits per heavy atom.